The lowest BCUT2D eigenvalue weighted by Gasteiger charge is -2.12. The van der Waals surface area contributed by atoms with Gasteiger partial charge in [-0.25, -0.2) is 4.79 Å². The average Bonchev–Trinajstić information content (AvgIpc) is 2.24. The van der Waals surface area contributed by atoms with Gasteiger partial charge in [0.15, 0.2) is 0 Å². The van der Waals surface area contributed by atoms with E-state index in [0.717, 1.165) is 6.07 Å². The molecule has 0 radical (unpaired) electrons. The number of hydrogen-bond donors (Lipinski definition) is 1. The zero-order valence-corrected chi connectivity index (χ0v) is 8.78. The molecule has 1 aromatic carbocycles. The maximum atomic E-state index is 12.6. The Kier molecular flexibility index (Phi) is 3.77. The van der Waals surface area contributed by atoms with Gasteiger partial charge in [-0.2, -0.15) is 13.2 Å². The molecule has 0 bridgehead atoms. The molecule has 0 aliphatic heterocycles. The lowest BCUT2D eigenvalue weighted by Crippen LogP contribution is -2.12. The van der Waals surface area contributed by atoms with Crippen molar-refractivity contribution in [2.45, 2.75) is 6.18 Å². The van der Waals surface area contributed by atoms with Gasteiger partial charge in [0.25, 0.3) is 0 Å². The summed E-state index contributed by atoms with van der Waals surface area (Å²) in [4.78, 5) is 10.4. The van der Waals surface area contributed by atoms with Gasteiger partial charge in [-0.3, -0.25) is 0 Å². The van der Waals surface area contributed by atoms with Gasteiger partial charge in [0.05, 0.1) is 12.7 Å². The Labute approximate surface area is 95.1 Å². The van der Waals surface area contributed by atoms with Gasteiger partial charge < -0.3 is 9.84 Å². The number of hydrogen-bond acceptors (Lipinski definition) is 2. The molecule has 92 valence electrons. The molecule has 3 nitrogen and oxygen atoms in total. The van der Waals surface area contributed by atoms with Crippen LogP contribution in [0.2, 0.25) is 0 Å². The number of carboxylic acid groups (broad SMARTS) is 1. The number of aliphatic carboxylic acids is 1. The molecule has 1 rings (SSSR count). The number of rotatable bonds is 3. The van der Waals surface area contributed by atoms with E-state index in [-0.39, 0.29) is 17.4 Å². The summed E-state index contributed by atoms with van der Waals surface area (Å²) >= 11 is 0. The van der Waals surface area contributed by atoms with E-state index in [4.69, 9.17) is 9.84 Å². The third kappa shape index (κ3) is 3.51. The summed E-state index contributed by atoms with van der Waals surface area (Å²) in [5, 5.41) is 8.43. The molecule has 17 heavy (non-hydrogen) atoms. The van der Waals surface area contributed by atoms with Crippen LogP contribution >= 0.6 is 0 Å². The molecule has 0 spiro atoms. The predicted octanol–water partition coefficient (Wildman–Crippen LogP) is 2.73. The number of alkyl halides is 3. The van der Waals surface area contributed by atoms with Crippen molar-refractivity contribution in [2.75, 3.05) is 7.11 Å². The number of carbonyl (C=O) groups is 1. The standard InChI is InChI=1S/C11H9F3O3/c1-17-8-4-2-3-7(5-8)9(6-10(15)16)11(12,13)14/h2-6H,1H3,(H,15,16)/b9-6+. The summed E-state index contributed by atoms with van der Waals surface area (Å²) < 4.78 is 42.7. The molecule has 0 fully saturated rings. The van der Waals surface area contributed by atoms with Gasteiger partial charge in [-0.15, -0.1) is 0 Å². The summed E-state index contributed by atoms with van der Waals surface area (Å²) in [6.45, 7) is 0. The number of halogens is 3. The molecule has 1 N–H and O–H groups in total. The van der Waals surface area contributed by atoms with E-state index < -0.39 is 17.7 Å². The fourth-order valence-electron chi connectivity index (χ4n) is 1.24. The topological polar surface area (TPSA) is 46.5 Å². The van der Waals surface area contributed by atoms with Crippen molar-refractivity contribution in [3.05, 3.63) is 35.9 Å². The molecule has 0 atom stereocenters. The Morgan fingerprint density at radius 1 is 1.41 bits per heavy atom. The second-order valence-electron chi connectivity index (χ2n) is 3.13. The van der Waals surface area contributed by atoms with E-state index in [1.54, 1.807) is 0 Å². The van der Waals surface area contributed by atoms with E-state index in [1.807, 2.05) is 0 Å². The molecule has 0 amide bonds. The van der Waals surface area contributed by atoms with Crippen LogP contribution in [0.1, 0.15) is 5.56 Å². The zero-order valence-electron chi connectivity index (χ0n) is 8.78. The van der Waals surface area contributed by atoms with Crippen LogP contribution < -0.4 is 4.74 Å². The monoisotopic (exact) mass is 246 g/mol. The first-order valence-electron chi connectivity index (χ1n) is 4.51. The van der Waals surface area contributed by atoms with Crippen molar-refractivity contribution in [3.63, 3.8) is 0 Å². The maximum absolute atomic E-state index is 12.6. The van der Waals surface area contributed by atoms with Crippen molar-refractivity contribution in [3.8, 4) is 5.75 Å². The smallest absolute Gasteiger partial charge is 0.417 e. The van der Waals surface area contributed by atoms with E-state index >= 15 is 0 Å². The molecule has 6 heteroatoms. The van der Waals surface area contributed by atoms with Gasteiger partial charge in [0.2, 0.25) is 0 Å². The second kappa shape index (κ2) is 4.90. The zero-order chi connectivity index (χ0) is 13.1. The van der Waals surface area contributed by atoms with Crippen molar-refractivity contribution < 1.29 is 27.8 Å². The Morgan fingerprint density at radius 3 is 2.53 bits per heavy atom. The summed E-state index contributed by atoms with van der Waals surface area (Å²) in [6, 6.07) is 5.13. The van der Waals surface area contributed by atoms with Crippen LogP contribution in [0.3, 0.4) is 0 Å². The average molecular weight is 246 g/mol. The first-order chi connectivity index (χ1) is 7.84. The fourth-order valence-corrected chi connectivity index (χ4v) is 1.24. The highest BCUT2D eigenvalue weighted by Gasteiger charge is 2.35. The first kappa shape index (κ1) is 13.1. The summed E-state index contributed by atoms with van der Waals surface area (Å²) in [5.41, 5.74) is -1.47. The normalized spacial score (nSPS) is 12.4. The van der Waals surface area contributed by atoms with E-state index in [1.165, 1.54) is 25.3 Å². The Balaban J connectivity index is 3.27. The van der Waals surface area contributed by atoms with Crippen molar-refractivity contribution in [1.82, 2.24) is 0 Å². The van der Waals surface area contributed by atoms with E-state index in [9.17, 15) is 18.0 Å². The highest BCUT2D eigenvalue weighted by molar-refractivity contribution is 5.91. The number of methoxy groups -OCH3 is 1. The van der Waals surface area contributed by atoms with E-state index in [0.29, 0.717) is 0 Å². The third-order valence-corrected chi connectivity index (χ3v) is 1.95. The molecule has 0 aliphatic carbocycles. The lowest BCUT2D eigenvalue weighted by atomic mass is 10.0. The number of ether oxygens (including phenoxy) is 1. The minimum absolute atomic E-state index is 0.134. The summed E-state index contributed by atoms with van der Waals surface area (Å²) in [5.74, 6) is -1.43. The molecule has 0 unspecified atom stereocenters. The first-order valence-corrected chi connectivity index (χ1v) is 4.51. The SMILES string of the molecule is COc1cccc(/C(=C\C(=O)O)C(F)(F)F)c1. The van der Waals surface area contributed by atoms with Crippen LogP contribution in [0.4, 0.5) is 13.2 Å². The molecular weight excluding hydrogens is 237 g/mol. The van der Waals surface area contributed by atoms with Gasteiger partial charge in [-0.1, -0.05) is 12.1 Å². The molecule has 0 aromatic heterocycles. The fraction of sp³-hybridized carbons (Fsp3) is 0.182. The maximum Gasteiger partial charge on any atom is 0.417 e. The van der Waals surface area contributed by atoms with Gasteiger partial charge in [-0.05, 0) is 17.7 Å². The van der Waals surface area contributed by atoms with E-state index in [2.05, 4.69) is 0 Å². The van der Waals surface area contributed by atoms with Crippen molar-refractivity contribution >= 4 is 11.5 Å². The predicted molar refractivity (Wildman–Crippen MR) is 54.7 cm³/mol. The van der Waals surface area contributed by atoms with Crippen LogP contribution in [0.15, 0.2) is 30.3 Å². The van der Waals surface area contributed by atoms with Crippen LogP contribution in [-0.4, -0.2) is 24.4 Å². The van der Waals surface area contributed by atoms with Crippen molar-refractivity contribution in [2.24, 2.45) is 0 Å². The van der Waals surface area contributed by atoms with Gasteiger partial charge in [0.1, 0.15) is 5.75 Å². The summed E-state index contributed by atoms with van der Waals surface area (Å²) in [6.07, 6.45) is -4.60. The minimum Gasteiger partial charge on any atom is -0.497 e. The van der Waals surface area contributed by atoms with Gasteiger partial charge >= 0.3 is 12.1 Å². The number of carboxylic acids is 1. The van der Waals surface area contributed by atoms with Crippen molar-refractivity contribution in [1.29, 1.82) is 0 Å². The van der Waals surface area contributed by atoms with Crippen LogP contribution in [0, 0.1) is 0 Å². The quantitative estimate of drug-likeness (QED) is 0.834. The molecule has 0 aliphatic rings. The third-order valence-electron chi connectivity index (χ3n) is 1.95. The molecule has 1 aromatic rings. The molecule has 0 saturated carbocycles. The van der Waals surface area contributed by atoms with Crippen LogP contribution in [0.25, 0.3) is 5.57 Å². The molecule has 0 heterocycles. The van der Waals surface area contributed by atoms with Crippen LogP contribution in [-0.2, 0) is 4.79 Å². The molecule has 0 saturated heterocycles. The highest BCUT2D eigenvalue weighted by Crippen LogP contribution is 2.34. The highest BCUT2D eigenvalue weighted by atomic mass is 19.4. The lowest BCUT2D eigenvalue weighted by molar-refractivity contribution is -0.131. The van der Waals surface area contributed by atoms with Crippen LogP contribution in [0.5, 0.6) is 5.75 Å². The Morgan fingerprint density at radius 2 is 2.06 bits per heavy atom. The largest absolute Gasteiger partial charge is 0.497 e. The summed E-state index contributed by atoms with van der Waals surface area (Å²) in [7, 11) is 1.31. The minimum atomic E-state index is -4.73. The Hall–Kier alpha value is -1.98. The number of allylic oxidation sites excluding steroid dienone is 1. The Bertz CT molecular complexity index is 450. The van der Waals surface area contributed by atoms with Gasteiger partial charge in [0, 0.05) is 6.08 Å². The molecular formula is C11H9F3O3. The number of benzene rings is 1. The second-order valence-corrected chi connectivity index (χ2v) is 3.13.